The average molecular weight is 353 g/mol. The lowest BCUT2D eigenvalue weighted by molar-refractivity contribution is -0.138. The Morgan fingerprint density at radius 1 is 1.25 bits per heavy atom. The van der Waals surface area contributed by atoms with Crippen LogP contribution in [0.3, 0.4) is 0 Å². The molecular formula is C17H23NO5S. The molecular weight excluding hydrogens is 330 g/mol. The van der Waals surface area contributed by atoms with Gasteiger partial charge < -0.3 is 9.64 Å². The number of hydrogen-bond acceptors (Lipinski definition) is 5. The van der Waals surface area contributed by atoms with Gasteiger partial charge in [-0.1, -0.05) is 19.1 Å². The van der Waals surface area contributed by atoms with E-state index in [1.54, 1.807) is 11.0 Å². The molecule has 6 nitrogen and oxygen atoms in total. The Bertz CT molecular complexity index is 713. The molecule has 24 heavy (non-hydrogen) atoms. The number of sulfone groups is 1. The van der Waals surface area contributed by atoms with Crippen molar-refractivity contribution in [3.8, 4) is 0 Å². The molecule has 2 rings (SSSR count). The van der Waals surface area contributed by atoms with E-state index in [-0.39, 0.29) is 29.0 Å². The fraction of sp³-hybridized carbons (Fsp3) is 0.529. The van der Waals surface area contributed by atoms with E-state index >= 15 is 0 Å². The number of nitrogens with zero attached hydrogens (tertiary/aromatic N) is 1. The topological polar surface area (TPSA) is 80.8 Å². The van der Waals surface area contributed by atoms with Gasteiger partial charge >= 0.3 is 5.97 Å². The molecule has 1 aromatic carbocycles. The van der Waals surface area contributed by atoms with Crippen LogP contribution in [0.1, 0.15) is 43.0 Å². The first-order valence-corrected chi connectivity index (χ1v) is 9.99. The quantitative estimate of drug-likeness (QED) is 0.757. The van der Waals surface area contributed by atoms with Crippen molar-refractivity contribution >= 4 is 21.7 Å². The number of carbonyl (C=O) groups is 2. The summed E-state index contributed by atoms with van der Waals surface area (Å²) in [5.74, 6) is -1.03. The second-order valence-electron chi connectivity index (χ2n) is 5.99. The Kier molecular flexibility index (Phi) is 5.99. The molecule has 1 aliphatic rings. The lowest BCUT2D eigenvalue weighted by atomic mass is 10.00. The van der Waals surface area contributed by atoms with Crippen LogP contribution in [-0.2, 0) is 19.4 Å². The summed E-state index contributed by atoms with van der Waals surface area (Å²) < 4.78 is 28.6. The summed E-state index contributed by atoms with van der Waals surface area (Å²) in [6, 6.07) is 6.03. The van der Waals surface area contributed by atoms with Gasteiger partial charge in [0.1, 0.15) is 0 Å². The van der Waals surface area contributed by atoms with E-state index < -0.39 is 15.8 Å². The van der Waals surface area contributed by atoms with E-state index in [1.165, 1.54) is 18.2 Å². The van der Waals surface area contributed by atoms with Crippen LogP contribution >= 0.6 is 0 Å². The van der Waals surface area contributed by atoms with Crippen LogP contribution in [0.25, 0.3) is 0 Å². The summed E-state index contributed by atoms with van der Waals surface area (Å²) in [5.41, 5.74) is -0.0431. The number of piperidine rings is 1. The van der Waals surface area contributed by atoms with E-state index in [4.69, 9.17) is 4.74 Å². The van der Waals surface area contributed by atoms with Gasteiger partial charge in [0.2, 0.25) is 0 Å². The molecule has 1 saturated heterocycles. The maximum absolute atomic E-state index is 12.3. The molecule has 1 heterocycles. The number of ether oxygens (including phenoxy) is 1. The van der Waals surface area contributed by atoms with Gasteiger partial charge in [0.05, 0.1) is 10.5 Å². The molecule has 0 radical (unpaired) electrons. The molecule has 0 aromatic heterocycles. The average Bonchev–Trinajstić information content (AvgIpc) is 2.58. The third-order valence-electron chi connectivity index (χ3n) is 4.25. The molecule has 1 atom stereocenters. The second-order valence-corrected chi connectivity index (χ2v) is 7.97. The van der Waals surface area contributed by atoms with E-state index in [2.05, 4.69) is 0 Å². The Morgan fingerprint density at radius 3 is 2.62 bits per heavy atom. The number of benzene rings is 1. The van der Waals surface area contributed by atoms with Gasteiger partial charge in [0.25, 0.3) is 5.91 Å². The van der Waals surface area contributed by atoms with E-state index in [9.17, 15) is 18.0 Å². The number of amides is 1. The predicted octanol–water partition coefficient (Wildman–Crippen LogP) is 2.04. The molecule has 0 saturated carbocycles. The predicted molar refractivity (Wildman–Crippen MR) is 89.5 cm³/mol. The summed E-state index contributed by atoms with van der Waals surface area (Å²) in [5, 5.41) is 0. The van der Waals surface area contributed by atoms with E-state index in [1.807, 2.05) is 6.92 Å². The van der Waals surface area contributed by atoms with Gasteiger partial charge in [-0.3, -0.25) is 4.79 Å². The first-order chi connectivity index (χ1) is 11.3. The highest BCUT2D eigenvalue weighted by atomic mass is 32.2. The number of carbonyl (C=O) groups excluding carboxylic acids is 2. The number of likely N-dealkylation sites (tertiary alicyclic amines) is 1. The van der Waals surface area contributed by atoms with Crippen molar-refractivity contribution in [3.05, 3.63) is 29.8 Å². The molecule has 0 aliphatic carbocycles. The molecule has 1 aliphatic heterocycles. The van der Waals surface area contributed by atoms with Gasteiger partial charge in [-0.15, -0.1) is 0 Å². The smallest absolute Gasteiger partial charge is 0.339 e. The highest BCUT2D eigenvalue weighted by Gasteiger charge is 2.26. The number of hydrogen-bond donors (Lipinski definition) is 0. The Labute approximate surface area is 142 Å². The molecule has 1 amide bonds. The lowest BCUT2D eigenvalue weighted by Crippen LogP contribution is -2.45. The van der Waals surface area contributed by atoms with Gasteiger partial charge in [0.15, 0.2) is 16.4 Å². The van der Waals surface area contributed by atoms with Crippen molar-refractivity contribution in [3.63, 3.8) is 0 Å². The molecule has 132 valence electrons. The van der Waals surface area contributed by atoms with Crippen molar-refractivity contribution in [1.29, 1.82) is 0 Å². The summed E-state index contributed by atoms with van der Waals surface area (Å²) >= 11 is 0. The SMILES string of the molecule is CCC1CCCCN1C(=O)COC(=O)c1ccccc1S(C)(=O)=O. The molecule has 0 N–H and O–H groups in total. The molecule has 7 heteroatoms. The van der Waals surface area contributed by atoms with Crippen LogP contribution in [-0.4, -0.2) is 50.6 Å². The van der Waals surface area contributed by atoms with Gasteiger partial charge in [-0.25, -0.2) is 13.2 Å². The van der Waals surface area contributed by atoms with Crippen LogP contribution in [0, 0.1) is 0 Å². The first kappa shape index (κ1) is 18.4. The minimum absolute atomic E-state index is 0.0431. The van der Waals surface area contributed by atoms with Crippen LogP contribution in [0.15, 0.2) is 29.2 Å². The fourth-order valence-corrected chi connectivity index (χ4v) is 3.88. The summed E-state index contributed by atoms with van der Waals surface area (Å²) in [4.78, 5) is 26.2. The summed E-state index contributed by atoms with van der Waals surface area (Å²) in [7, 11) is -3.55. The van der Waals surface area contributed by atoms with Crippen LogP contribution < -0.4 is 0 Å². The third-order valence-corrected chi connectivity index (χ3v) is 5.41. The van der Waals surface area contributed by atoms with Gasteiger partial charge in [0, 0.05) is 18.8 Å². The molecule has 1 unspecified atom stereocenters. The molecule has 1 aromatic rings. The molecule has 0 bridgehead atoms. The van der Waals surface area contributed by atoms with Crippen LogP contribution in [0.4, 0.5) is 0 Å². The molecule has 1 fully saturated rings. The second kappa shape index (κ2) is 7.79. The summed E-state index contributed by atoms with van der Waals surface area (Å²) in [6.07, 6.45) is 4.92. The van der Waals surface area contributed by atoms with Crippen LogP contribution in [0.2, 0.25) is 0 Å². The van der Waals surface area contributed by atoms with Crippen molar-refractivity contribution in [1.82, 2.24) is 4.90 Å². The van der Waals surface area contributed by atoms with Gasteiger partial charge in [-0.05, 0) is 37.8 Å². The van der Waals surface area contributed by atoms with E-state index in [0.717, 1.165) is 31.9 Å². The maximum atomic E-state index is 12.3. The van der Waals surface area contributed by atoms with Crippen LogP contribution in [0.5, 0.6) is 0 Å². The lowest BCUT2D eigenvalue weighted by Gasteiger charge is -2.35. The maximum Gasteiger partial charge on any atom is 0.339 e. The van der Waals surface area contributed by atoms with Crippen molar-refractivity contribution < 1.29 is 22.7 Å². The largest absolute Gasteiger partial charge is 0.452 e. The zero-order valence-electron chi connectivity index (χ0n) is 14.0. The number of rotatable bonds is 5. The van der Waals surface area contributed by atoms with Gasteiger partial charge in [-0.2, -0.15) is 0 Å². The summed E-state index contributed by atoms with van der Waals surface area (Å²) in [6.45, 7) is 2.34. The minimum Gasteiger partial charge on any atom is -0.452 e. The zero-order valence-corrected chi connectivity index (χ0v) is 14.8. The fourth-order valence-electron chi connectivity index (χ4n) is 3.00. The first-order valence-electron chi connectivity index (χ1n) is 8.10. The van der Waals surface area contributed by atoms with Crippen molar-refractivity contribution in [2.24, 2.45) is 0 Å². The van der Waals surface area contributed by atoms with Crippen molar-refractivity contribution in [2.45, 2.75) is 43.5 Å². The minimum atomic E-state index is -3.55. The monoisotopic (exact) mass is 353 g/mol. The standard InChI is InChI=1S/C17H23NO5S/c1-3-13-8-6-7-11-18(13)16(19)12-23-17(20)14-9-4-5-10-15(14)24(2,21)22/h4-5,9-10,13H,3,6-8,11-12H2,1-2H3. The number of esters is 1. The Hall–Kier alpha value is -1.89. The normalized spacial score (nSPS) is 18.2. The Morgan fingerprint density at radius 2 is 1.96 bits per heavy atom. The highest BCUT2D eigenvalue weighted by Crippen LogP contribution is 2.20. The molecule has 0 spiro atoms. The zero-order chi connectivity index (χ0) is 17.7. The van der Waals surface area contributed by atoms with E-state index in [0.29, 0.717) is 6.54 Å². The third kappa shape index (κ3) is 4.35. The Balaban J connectivity index is 2.05. The highest BCUT2D eigenvalue weighted by molar-refractivity contribution is 7.90. The van der Waals surface area contributed by atoms with Crippen molar-refractivity contribution in [2.75, 3.05) is 19.4 Å².